The first-order chi connectivity index (χ1) is 13.0. The summed E-state index contributed by atoms with van der Waals surface area (Å²) in [6, 6.07) is 14.4. The molecule has 1 aliphatic heterocycles. The van der Waals surface area contributed by atoms with Crippen molar-refractivity contribution in [2.75, 3.05) is 4.90 Å². The largest absolute Gasteiger partial charge is 0.295 e. The third-order valence-corrected chi connectivity index (χ3v) is 5.35. The predicted octanol–water partition coefficient (Wildman–Crippen LogP) is 4.24. The van der Waals surface area contributed by atoms with E-state index in [-0.39, 0.29) is 11.7 Å². The average Bonchev–Trinajstić information content (AvgIpc) is 2.95. The summed E-state index contributed by atoms with van der Waals surface area (Å²) < 4.78 is 0.417. The lowest BCUT2D eigenvalue weighted by Gasteiger charge is -2.15. The van der Waals surface area contributed by atoms with Crippen LogP contribution in [0.5, 0.6) is 0 Å². The van der Waals surface area contributed by atoms with Crippen LogP contribution in [0.15, 0.2) is 59.6 Å². The highest BCUT2D eigenvalue weighted by atomic mass is 32.2. The van der Waals surface area contributed by atoms with Gasteiger partial charge >= 0.3 is 0 Å². The normalized spacial score (nSPS) is 15.7. The van der Waals surface area contributed by atoms with Crippen molar-refractivity contribution in [2.24, 2.45) is 0 Å². The Balaban J connectivity index is 1.68. The van der Waals surface area contributed by atoms with E-state index in [2.05, 4.69) is 9.97 Å². The molecule has 5 nitrogen and oxygen atoms in total. The van der Waals surface area contributed by atoms with Gasteiger partial charge in [-0.3, -0.25) is 19.5 Å². The number of benzene rings is 2. The highest BCUT2D eigenvalue weighted by Crippen LogP contribution is 2.36. The smallest absolute Gasteiger partial charge is 0.270 e. The minimum atomic E-state index is -0.235. The van der Waals surface area contributed by atoms with Gasteiger partial charge in [-0.05, 0) is 37.3 Å². The number of hydrogen-bond donors (Lipinski definition) is 0. The minimum Gasteiger partial charge on any atom is -0.295 e. The number of ketones is 1. The number of anilines is 1. The van der Waals surface area contributed by atoms with Gasteiger partial charge in [-0.2, -0.15) is 0 Å². The quantitative estimate of drug-likeness (QED) is 0.378. The maximum absolute atomic E-state index is 12.9. The number of thiocarbonyl (C=S) groups is 1. The van der Waals surface area contributed by atoms with Crippen LogP contribution in [0.1, 0.15) is 23.0 Å². The number of aromatic nitrogens is 2. The second kappa shape index (κ2) is 7.02. The van der Waals surface area contributed by atoms with Crippen LogP contribution < -0.4 is 4.90 Å². The van der Waals surface area contributed by atoms with Crippen LogP contribution in [-0.2, 0) is 4.79 Å². The molecule has 0 radical (unpaired) electrons. The molecule has 27 heavy (non-hydrogen) atoms. The highest BCUT2D eigenvalue weighted by molar-refractivity contribution is 8.27. The number of nitrogens with zero attached hydrogens (tertiary/aromatic N) is 3. The summed E-state index contributed by atoms with van der Waals surface area (Å²) in [6.07, 6.45) is 3.32. The lowest BCUT2D eigenvalue weighted by atomic mass is 10.1. The monoisotopic (exact) mass is 391 g/mol. The fourth-order valence-corrected chi connectivity index (χ4v) is 4.01. The molecule has 2 aromatic carbocycles. The maximum atomic E-state index is 12.9. The summed E-state index contributed by atoms with van der Waals surface area (Å²) in [5.41, 5.74) is 3.26. The first kappa shape index (κ1) is 17.5. The van der Waals surface area contributed by atoms with E-state index in [1.807, 2.05) is 24.3 Å². The van der Waals surface area contributed by atoms with Crippen LogP contribution in [0.3, 0.4) is 0 Å². The second-order valence-corrected chi connectivity index (χ2v) is 7.58. The number of carbonyl (C=O) groups is 2. The fraction of sp³-hybridized carbons (Fsp3) is 0.0500. The van der Waals surface area contributed by atoms with E-state index < -0.39 is 0 Å². The van der Waals surface area contributed by atoms with Crippen molar-refractivity contribution < 1.29 is 9.59 Å². The Bertz CT molecular complexity index is 1140. The van der Waals surface area contributed by atoms with Crippen molar-refractivity contribution in [1.29, 1.82) is 0 Å². The number of fused-ring (bicyclic) bond motifs is 1. The van der Waals surface area contributed by atoms with Crippen molar-refractivity contribution in [2.45, 2.75) is 6.92 Å². The molecule has 0 spiro atoms. The molecule has 0 saturated carbocycles. The molecule has 1 amide bonds. The molecular weight excluding hydrogens is 378 g/mol. The van der Waals surface area contributed by atoms with E-state index >= 15 is 0 Å². The van der Waals surface area contributed by atoms with Gasteiger partial charge in [-0.25, -0.2) is 4.98 Å². The first-order valence-electron chi connectivity index (χ1n) is 8.14. The Kier molecular flexibility index (Phi) is 4.55. The number of rotatable bonds is 3. The molecule has 2 heterocycles. The van der Waals surface area contributed by atoms with Crippen LogP contribution >= 0.6 is 24.0 Å². The molecule has 0 bridgehead atoms. The van der Waals surface area contributed by atoms with Crippen LogP contribution in [0.4, 0.5) is 5.69 Å². The molecule has 4 rings (SSSR count). The van der Waals surface area contributed by atoms with E-state index in [0.29, 0.717) is 26.2 Å². The molecule has 7 heteroatoms. The zero-order valence-electron chi connectivity index (χ0n) is 14.2. The summed E-state index contributed by atoms with van der Waals surface area (Å²) in [4.78, 5) is 35.3. The standard InChI is InChI=1S/C20H13N3O2S2/c1-12(24)13-5-4-6-15(9-13)23-19(25)18(27-20(23)26)10-14-11-21-16-7-2-3-8-17(16)22-14/h2-11H,1H3. The first-order valence-corrected chi connectivity index (χ1v) is 9.36. The van der Waals surface area contributed by atoms with Crippen molar-refractivity contribution in [3.63, 3.8) is 0 Å². The van der Waals surface area contributed by atoms with Crippen molar-refractivity contribution in [3.05, 3.63) is 70.9 Å². The summed E-state index contributed by atoms with van der Waals surface area (Å²) in [6.45, 7) is 1.49. The molecule has 1 aromatic heterocycles. The Labute approximate surface area is 165 Å². The number of para-hydroxylation sites is 2. The number of carbonyl (C=O) groups excluding carboxylic acids is 2. The van der Waals surface area contributed by atoms with Crippen molar-refractivity contribution >= 4 is 62.8 Å². The minimum absolute atomic E-state index is 0.0655. The topological polar surface area (TPSA) is 63.2 Å². The summed E-state index contributed by atoms with van der Waals surface area (Å²) in [5, 5.41) is 0. The van der Waals surface area contributed by atoms with Gasteiger partial charge in [0.1, 0.15) is 0 Å². The van der Waals surface area contributed by atoms with Gasteiger partial charge < -0.3 is 0 Å². The molecule has 1 saturated heterocycles. The summed E-state index contributed by atoms with van der Waals surface area (Å²) in [7, 11) is 0. The summed E-state index contributed by atoms with van der Waals surface area (Å²) >= 11 is 6.59. The lowest BCUT2D eigenvalue weighted by molar-refractivity contribution is -0.113. The zero-order chi connectivity index (χ0) is 19.0. The third-order valence-electron chi connectivity index (χ3n) is 4.05. The molecule has 1 fully saturated rings. The Hall–Kier alpha value is -2.90. The van der Waals surface area contributed by atoms with Crippen molar-refractivity contribution in [3.8, 4) is 0 Å². The van der Waals surface area contributed by atoms with E-state index in [1.165, 1.54) is 23.6 Å². The van der Waals surface area contributed by atoms with E-state index in [0.717, 1.165) is 11.0 Å². The molecule has 0 atom stereocenters. The molecule has 0 aliphatic carbocycles. The molecule has 0 unspecified atom stereocenters. The third kappa shape index (κ3) is 3.39. The predicted molar refractivity (Wildman–Crippen MR) is 112 cm³/mol. The van der Waals surface area contributed by atoms with Gasteiger partial charge in [-0.1, -0.05) is 48.2 Å². The number of thioether (sulfide) groups is 1. The average molecular weight is 391 g/mol. The molecule has 132 valence electrons. The molecule has 0 N–H and O–H groups in total. The second-order valence-electron chi connectivity index (χ2n) is 5.91. The zero-order valence-corrected chi connectivity index (χ0v) is 15.9. The van der Waals surface area contributed by atoms with Crippen LogP contribution in [0.2, 0.25) is 0 Å². The van der Waals surface area contributed by atoms with E-state index in [9.17, 15) is 9.59 Å². The maximum Gasteiger partial charge on any atom is 0.270 e. The van der Waals surface area contributed by atoms with Gasteiger partial charge in [0.25, 0.3) is 5.91 Å². The van der Waals surface area contributed by atoms with Gasteiger partial charge in [-0.15, -0.1) is 0 Å². The van der Waals surface area contributed by atoms with Gasteiger partial charge in [0.15, 0.2) is 10.1 Å². The van der Waals surface area contributed by atoms with Crippen molar-refractivity contribution in [1.82, 2.24) is 9.97 Å². The Morgan fingerprint density at radius 3 is 2.70 bits per heavy atom. The lowest BCUT2D eigenvalue weighted by Crippen LogP contribution is -2.27. The molecule has 1 aliphatic rings. The number of Topliss-reactive ketones (excluding diaryl/α,β-unsaturated/α-hetero) is 1. The Morgan fingerprint density at radius 2 is 1.93 bits per heavy atom. The van der Waals surface area contributed by atoms with Crippen LogP contribution in [-0.4, -0.2) is 26.0 Å². The molecular formula is C20H13N3O2S2. The van der Waals surface area contributed by atoms with Gasteiger partial charge in [0, 0.05) is 5.56 Å². The highest BCUT2D eigenvalue weighted by Gasteiger charge is 2.33. The number of amides is 1. The number of hydrogen-bond acceptors (Lipinski definition) is 6. The SMILES string of the molecule is CC(=O)c1cccc(N2C(=O)C(=Cc3cnc4ccccc4n3)SC2=S)c1. The van der Waals surface area contributed by atoms with Crippen LogP contribution in [0, 0.1) is 0 Å². The summed E-state index contributed by atoms with van der Waals surface area (Å²) in [5.74, 6) is -0.301. The fourth-order valence-electron chi connectivity index (χ4n) is 2.73. The van der Waals surface area contributed by atoms with Gasteiger partial charge in [0.2, 0.25) is 0 Å². The Morgan fingerprint density at radius 1 is 1.15 bits per heavy atom. The molecule has 3 aromatic rings. The van der Waals surface area contributed by atoms with Gasteiger partial charge in [0.05, 0.1) is 33.5 Å². The van der Waals surface area contributed by atoms with E-state index in [4.69, 9.17) is 12.2 Å². The van der Waals surface area contributed by atoms with Crippen LogP contribution in [0.25, 0.3) is 17.1 Å². The van der Waals surface area contributed by atoms with E-state index in [1.54, 1.807) is 36.5 Å².